The van der Waals surface area contributed by atoms with Gasteiger partial charge >= 0.3 is 0 Å². The molecule has 1 unspecified atom stereocenters. The summed E-state index contributed by atoms with van der Waals surface area (Å²) >= 11 is 0. The number of nitrogens with zero attached hydrogens (tertiary/aromatic N) is 3. The lowest BCUT2D eigenvalue weighted by Gasteiger charge is -2.19. The van der Waals surface area contributed by atoms with E-state index in [1.54, 1.807) is 12.1 Å². The highest BCUT2D eigenvalue weighted by Crippen LogP contribution is 2.17. The minimum Gasteiger partial charge on any atom is -0.337 e. The van der Waals surface area contributed by atoms with E-state index in [1.165, 1.54) is 6.42 Å². The molecule has 0 radical (unpaired) electrons. The second-order valence-corrected chi connectivity index (χ2v) is 4.78. The quantitative estimate of drug-likeness (QED) is 0.604. The number of nitrogens with one attached hydrogen (secondary N) is 1. The number of hydrogen-bond acceptors (Lipinski definition) is 5. The van der Waals surface area contributed by atoms with Gasteiger partial charge in [-0.1, -0.05) is 6.92 Å². The number of rotatable bonds is 2. The molecule has 1 atom stereocenters. The third kappa shape index (κ3) is 2.95. The number of nitrogen functional groups attached to an aromatic ring is 1. The zero-order chi connectivity index (χ0) is 13.0. The van der Waals surface area contributed by atoms with Gasteiger partial charge in [-0.3, -0.25) is 4.79 Å². The van der Waals surface area contributed by atoms with Crippen LogP contribution in [0.5, 0.6) is 0 Å². The summed E-state index contributed by atoms with van der Waals surface area (Å²) in [6.45, 7) is 3.84. The molecule has 1 saturated heterocycles. The first-order valence-corrected chi connectivity index (χ1v) is 6.30. The van der Waals surface area contributed by atoms with Crippen molar-refractivity contribution in [2.45, 2.75) is 26.2 Å². The van der Waals surface area contributed by atoms with Gasteiger partial charge in [0.05, 0.1) is 0 Å². The van der Waals surface area contributed by atoms with Gasteiger partial charge in [-0.2, -0.15) is 0 Å². The van der Waals surface area contributed by atoms with Crippen LogP contribution in [0.15, 0.2) is 12.1 Å². The van der Waals surface area contributed by atoms with Crippen LogP contribution in [-0.2, 0) is 0 Å². The van der Waals surface area contributed by atoms with Crippen molar-refractivity contribution in [1.82, 2.24) is 15.1 Å². The summed E-state index contributed by atoms with van der Waals surface area (Å²) in [4.78, 5) is 14.1. The second-order valence-electron chi connectivity index (χ2n) is 4.78. The van der Waals surface area contributed by atoms with Crippen LogP contribution in [0.25, 0.3) is 0 Å². The zero-order valence-electron chi connectivity index (χ0n) is 10.6. The van der Waals surface area contributed by atoms with Crippen molar-refractivity contribution < 1.29 is 4.79 Å². The molecular weight excluding hydrogens is 230 g/mol. The fraction of sp³-hybridized carbons (Fsp3) is 0.583. The zero-order valence-corrected chi connectivity index (χ0v) is 10.6. The minimum atomic E-state index is -0.0415. The normalized spacial score (nSPS) is 20.3. The van der Waals surface area contributed by atoms with Crippen LogP contribution in [0, 0.1) is 5.92 Å². The summed E-state index contributed by atoms with van der Waals surface area (Å²) in [5, 5.41) is 7.71. The van der Waals surface area contributed by atoms with E-state index < -0.39 is 0 Å². The molecule has 0 bridgehead atoms. The van der Waals surface area contributed by atoms with E-state index >= 15 is 0 Å². The van der Waals surface area contributed by atoms with Crippen LogP contribution in [0.2, 0.25) is 0 Å². The molecule has 1 aromatic rings. The van der Waals surface area contributed by atoms with Crippen LogP contribution in [0.4, 0.5) is 5.82 Å². The molecule has 0 saturated carbocycles. The van der Waals surface area contributed by atoms with Crippen LogP contribution in [-0.4, -0.2) is 34.1 Å². The molecule has 2 heterocycles. The largest absolute Gasteiger partial charge is 0.337 e. The molecule has 0 aromatic carbocycles. The number of aromatic nitrogens is 2. The SMILES string of the molecule is CC1CCCN(C(=O)c2ccc(NN)nn2)CC1. The lowest BCUT2D eigenvalue weighted by atomic mass is 10.0. The summed E-state index contributed by atoms with van der Waals surface area (Å²) in [6.07, 6.45) is 3.30. The molecule has 18 heavy (non-hydrogen) atoms. The predicted octanol–water partition coefficient (Wildman–Crippen LogP) is 1.02. The number of likely N-dealkylation sites (tertiary alicyclic amines) is 1. The Morgan fingerprint density at radius 1 is 1.39 bits per heavy atom. The molecule has 0 spiro atoms. The standard InChI is InChI=1S/C12H19N5O/c1-9-3-2-7-17(8-6-9)12(18)10-4-5-11(14-13)16-15-10/h4-5,9H,2-3,6-8,13H2,1H3,(H,14,16). The molecule has 1 amide bonds. The number of nitrogens with two attached hydrogens (primary N) is 1. The summed E-state index contributed by atoms with van der Waals surface area (Å²) in [5.41, 5.74) is 2.77. The molecule has 1 aliphatic heterocycles. The lowest BCUT2D eigenvalue weighted by molar-refractivity contribution is 0.0753. The molecule has 1 aromatic heterocycles. The van der Waals surface area contributed by atoms with Crippen molar-refractivity contribution in [3.63, 3.8) is 0 Å². The molecule has 1 fully saturated rings. The molecule has 2 rings (SSSR count). The van der Waals surface area contributed by atoms with Crippen molar-refractivity contribution in [3.05, 3.63) is 17.8 Å². The molecule has 6 nitrogen and oxygen atoms in total. The number of carbonyl (C=O) groups excluding carboxylic acids is 1. The maximum Gasteiger partial charge on any atom is 0.274 e. The molecule has 3 N–H and O–H groups in total. The fourth-order valence-corrected chi connectivity index (χ4v) is 2.15. The Hall–Kier alpha value is -1.69. The maximum absolute atomic E-state index is 12.2. The first-order chi connectivity index (χ1) is 8.70. The van der Waals surface area contributed by atoms with Gasteiger partial charge < -0.3 is 10.3 Å². The van der Waals surface area contributed by atoms with Crippen LogP contribution in [0.1, 0.15) is 36.7 Å². The van der Waals surface area contributed by atoms with E-state index in [1.807, 2.05) is 4.90 Å². The van der Waals surface area contributed by atoms with Crippen LogP contribution in [0.3, 0.4) is 0 Å². The highest BCUT2D eigenvalue weighted by molar-refractivity contribution is 5.92. The van der Waals surface area contributed by atoms with E-state index in [2.05, 4.69) is 22.5 Å². The number of carbonyl (C=O) groups is 1. The van der Waals surface area contributed by atoms with Gasteiger partial charge in [0.25, 0.3) is 5.91 Å². The summed E-state index contributed by atoms with van der Waals surface area (Å²) in [7, 11) is 0. The summed E-state index contributed by atoms with van der Waals surface area (Å²) < 4.78 is 0. The lowest BCUT2D eigenvalue weighted by Crippen LogP contribution is -2.32. The monoisotopic (exact) mass is 249 g/mol. The van der Waals surface area contributed by atoms with Crippen molar-refractivity contribution in [3.8, 4) is 0 Å². The van der Waals surface area contributed by atoms with Crippen molar-refractivity contribution in [2.75, 3.05) is 18.5 Å². The minimum absolute atomic E-state index is 0.0415. The molecule has 1 aliphatic rings. The predicted molar refractivity (Wildman–Crippen MR) is 68.8 cm³/mol. The summed E-state index contributed by atoms with van der Waals surface area (Å²) in [6, 6.07) is 3.31. The Balaban J connectivity index is 2.05. The smallest absolute Gasteiger partial charge is 0.274 e. The van der Waals surface area contributed by atoms with Gasteiger partial charge in [-0.15, -0.1) is 10.2 Å². The number of anilines is 1. The van der Waals surface area contributed by atoms with Gasteiger partial charge in [0.1, 0.15) is 0 Å². The third-order valence-electron chi connectivity index (χ3n) is 3.34. The van der Waals surface area contributed by atoms with Gasteiger partial charge in [-0.05, 0) is 37.3 Å². The van der Waals surface area contributed by atoms with Gasteiger partial charge in [0, 0.05) is 13.1 Å². The average Bonchev–Trinajstić information content (AvgIpc) is 2.63. The fourth-order valence-electron chi connectivity index (χ4n) is 2.15. The highest BCUT2D eigenvalue weighted by atomic mass is 16.2. The highest BCUT2D eigenvalue weighted by Gasteiger charge is 2.20. The molecule has 98 valence electrons. The Kier molecular flexibility index (Phi) is 4.09. The van der Waals surface area contributed by atoms with Crippen LogP contribution < -0.4 is 11.3 Å². The Bertz CT molecular complexity index is 405. The Morgan fingerprint density at radius 2 is 2.22 bits per heavy atom. The van der Waals surface area contributed by atoms with E-state index in [0.717, 1.165) is 25.9 Å². The second kappa shape index (κ2) is 5.77. The topological polar surface area (TPSA) is 84.1 Å². The van der Waals surface area contributed by atoms with E-state index in [4.69, 9.17) is 5.84 Å². The number of amides is 1. The van der Waals surface area contributed by atoms with Gasteiger partial charge in [0.2, 0.25) is 0 Å². The first-order valence-electron chi connectivity index (χ1n) is 6.30. The number of hydrazine groups is 1. The maximum atomic E-state index is 12.2. The Labute approximate surface area is 107 Å². The van der Waals surface area contributed by atoms with E-state index in [-0.39, 0.29) is 5.91 Å². The van der Waals surface area contributed by atoms with Crippen molar-refractivity contribution in [2.24, 2.45) is 11.8 Å². The van der Waals surface area contributed by atoms with Crippen LogP contribution >= 0.6 is 0 Å². The molecule has 6 heteroatoms. The average molecular weight is 249 g/mol. The third-order valence-corrected chi connectivity index (χ3v) is 3.34. The number of hydrogen-bond donors (Lipinski definition) is 2. The van der Waals surface area contributed by atoms with Crippen molar-refractivity contribution >= 4 is 11.7 Å². The molecule has 0 aliphatic carbocycles. The first kappa shape index (κ1) is 12.8. The summed E-state index contributed by atoms with van der Waals surface area (Å²) in [5.74, 6) is 6.31. The van der Waals surface area contributed by atoms with Gasteiger partial charge in [-0.25, -0.2) is 5.84 Å². The van der Waals surface area contributed by atoms with Crippen molar-refractivity contribution in [1.29, 1.82) is 0 Å². The molecular formula is C12H19N5O. The van der Waals surface area contributed by atoms with E-state index in [0.29, 0.717) is 17.4 Å². The van der Waals surface area contributed by atoms with E-state index in [9.17, 15) is 4.79 Å². The van der Waals surface area contributed by atoms with Gasteiger partial charge in [0.15, 0.2) is 11.5 Å². The Morgan fingerprint density at radius 3 is 2.89 bits per heavy atom.